The fraction of sp³-hybridized carbons (Fsp3) is 0.333. The van der Waals surface area contributed by atoms with E-state index in [1.54, 1.807) is 0 Å². The molecule has 1 fully saturated rings. The first kappa shape index (κ1) is 8.59. The molecule has 2 nitrogen and oxygen atoms in total. The minimum atomic E-state index is -0.839. The van der Waals surface area contributed by atoms with Crippen LogP contribution in [-0.2, 0) is 5.54 Å². The molecule has 0 amide bonds. The van der Waals surface area contributed by atoms with E-state index in [4.69, 9.17) is 5.73 Å². The highest BCUT2D eigenvalue weighted by molar-refractivity contribution is 5.30. The molecule has 0 spiro atoms. The van der Waals surface area contributed by atoms with E-state index in [0.717, 1.165) is 6.07 Å². The third-order valence-electron chi connectivity index (χ3n) is 2.37. The summed E-state index contributed by atoms with van der Waals surface area (Å²) < 4.78 is 26.1. The predicted octanol–water partition coefficient (Wildman–Crippen LogP) is 0.722. The number of nitrogens with two attached hydrogens (primary N) is 1. The average molecular weight is 184 g/mol. The summed E-state index contributed by atoms with van der Waals surface area (Å²) in [6, 6.07) is 4.09. The maximum absolute atomic E-state index is 13.2. The van der Waals surface area contributed by atoms with E-state index in [1.807, 2.05) is 0 Å². The number of rotatable bonds is 1. The van der Waals surface area contributed by atoms with Crippen LogP contribution in [0.4, 0.5) is 8.78 Å². The molecule has 1 aliphatic rings. The van der Waals surface area contributed by atoms with Gasteiger partial charge in [-0.2, -0.15) is 0 Å². The zero-order valence-electron chi connectivity index (χ0n) is 6.98. The standard InChI is InChI=1S/C9H10F2N2/c10-7-3-1-2-6(8(7)11)9(12)4-13-5-9/h1-3,13H,4-5,12H2. The second-order valence-electron chi connectivity index (χ2n) is 3.36. The fourth-order valence-corrected chi connectivity index (χ4v) is 1.47. The first-order valence-electron chi connectivity index (χ1n) is 4.07. The van der Waals surface area contributed by atoms with Gasteiger partial charge < -0.3 is 11.1 Å². The highest BCUT2D eigenvalue weighted by Gasteiger charge is 2.37. The first-order chi connectivity index (χ1) is 6.13. The van der Waals surface area contributed by atoms with Gasteiger partial charge in [-0.15, -0.1) is 0 Å². The molecule has 1 heterocycles. The van der Waals surface area contributed by atoms with Gasteiger partial charge in [0.05, 0.1) is 5.54 Å². The Balaban J connectivity index is 2.45. The molecule has 0 unspecified atom stereocenters. The molecule has 1 aromatic rings. The number of benzene rings is 1. The van der Waals surface area contributed by atoms with Gasteiger partial charge in [0.15, 0.2) is 11.6 Å². The van der Waals surface area contributed by atoms with Gasteiger partial charge in [-0.25, -0.2) is 8.78 Å². The van der Waals surface area contributed by atoms with Crippen molar-refractivity contribution in [1.29, 1.82) is 0 Å². The molecule has 4 heteroatoms. The molecule has 0 saturated carbocycles. The van der Waals surface area contributed by atoms with Gasteiger partial charge in [0.25, 0.3) is 0 Å². The van der Waals surface area contributed by atoms with Crippen molar-refractivity contribution in [2.45, 2.75) is 5.54 Å². The van der Waals surface area contributed by atoms with Crippen LogP contribution in [0.3, 0.4) is 0 Å². The fourth-order valence-electron chi connectivity index (χ4n) is 1.47. The molecule has 13 heavy (non-hydrogen) atoms. The topological polar surface area (TPSA) is 38.0 Å². The smallest absolute Gasteiger partial charge is 0.163 e. The second kappa shape index (κ2) is 2.75. The Labute approximate surface area is 74.7 Å². The summed E-state index contributed by atoms with van der Waals surface area (Å²) in [5.74, 6) is -1.67. The van der Waals surface area contributed by atoms with E-state index < -0.39 is 17.2 Å². The first-order valence-corrected chi connectivity index (χ1v) is 4.07. The molecule has 1 aromatic carbocycles. The van der Waals surface area contributed by atoms with Crippen molar-refractivity contribution in [2.75, 3.05) is 13.1 Å². The largest absolute Gasteiger partial charge is 0.319 e. The quantitative estimate of drug-likeness (QED) is 0.675. The molecular formula is C9H10F2N2. The van der Waals surface area contributed by atoms with Crippen LogP contribution in [-0.4, -0.2) is 13.1 Å². The van der Waals surface area contributed by atoms with Crippen molar-refractivity contribution in [1.82, 2.24) is 5.32 Å². The van der Waals surface area contributed by atoms with Crippen molar-refractivity contribution in [2.24, 2.45) is 5.73 Å². The predicted molar refractivity (Wildman–Crippen MR) is 45.1 cm³/mol. The molecule has 70 valence electrons. The molecule has 0 atom stereocenters. The van der Waals surface area contributed by atoms with Crippen LogP contribution < -0.4 is 11.1 Å². The highest BCUT2D eigenvalue weighted by atomic mass is 19.2. The Morgan fingerprint density at radius 1 is 1.31 bits per heavy atom. The molecule has 1 aliphatic heterocycles. The zero-order chi connectivity index (χ0) is 9.47. The van der Waals surface area contributed by atoms with E-state index in [1.165, 1.54) is 12.1 Å². The maximum atomic E-state index is 13.2. The van der Waals surface area contributed by atoms with E-state index in [-0.39, 0.29) is 5.56 Å². The molecular weight excluding hydrogens is 174 g/mol. The minimum absolute atomic E-state index is 0.256. The van der Waals surface area contributed by atoms with Crippen LogP contribution in [0.15, 0.2) is 18.2 Å². The van der Waals surface area contributed by atoms with Gasteiger partial charge >= 0.3 is 0 Å². The van der Waals surface area contributed by atoms with Gasteiger partial charge in [-0.1, -0.05) is 12.1 Å². The summed E-state index contributed by atoms with van der Waals surface area (Å²) in [5, 5.41) is 2.93. The van der Waals surface area contributed by atoms with Crippen LogP contribution in [0.5, 0.6) is 0 Å². The third-order valence-corrected chi connectivity index (χ3v) is 2.37. The van der Waals surface area contributed by atoms with E-state index in [2.05, 4.69) is 5.32 Å². The lowest BCUT2D eigenvalue weighted by Crippen LogP contribution is -2.63. The lowest BCUT2D eigenvalue weighted by Gasteiger charge is -2.39. The lowest BCUT2D eigenvalue weighted by molar-refractivity contribution is 0.274. The number of halogens is 2. The molecule has 0 aliphatic carbocycles. The second-order valence-corrected chi connectivity index (χ2v) is 3.36. The zero-order valence-corrected chi connectivity index (χ0v) is 6.98. The van der Waals surface area contributed by atoms with Gasteiger partial charge in [0.2, 0.25) is 0 Å². The van der Waals surface area contributed by atoms with Crippen LogP contribution >= 0.6 is 0 Å². The van der Waals surface area contributed by atoms with Crippen LogP contribution in [0, 0.1) is 11.6 Å². The van der Waals surface area contributed by atoms with Crippen molar-refractivity contribution < 1.29 is 8.78 Å². The van der Waals surface area contributed by atoms with Crippen molar-refractivity contribution in [3.8, 4) is 0 Å². The Bertz CT molecular complexity index is 334. The maximum Gasteiger partial charge on any atom is 0.163 e. The Morgan fingerprint density at radius 3 is 2.54 bits per heavy atom. The van der Waals surface area contributed by atoms with Gasteiger partial charge in [-0.3, -0.25) is 0 Å². The van der Waals surface area contributed by atoms with Gasteiger partial charge in [0, 0.05) is 18.7 Å². The van der Waals surface area contributed by atoms with E-state index in [0.29, 0.717) is 13.1 Å². The van der Waals surface area contributed by atoms with Crippen LogP contribution in [0.25, 0.3) is 0 Å². The minimum Gasteiger partial charge on any atom is -0.319 e. The normalized spacial score (nSPS) is 19.6. The number of nitrogens with one attached hydrogen (secondary N) is 1. The number of hydrogen-bond acceptors (Lipinski definition) is 2. The molecule has 0 radical (unpaired) electrons. The molecule has 2 rings (SSSR count). The summed E-state index contributed by atoms with van der Waals surface area (Å²) in [6.45, 7) is 0.987. The third kappa shape index (κ3) is 1.22. The lowest BCUT2D eigenvalue weighted by atomic mass is 9.85. The highest BCUT2D eigenvalue weighted by Crippen LogP contribution is 2.25. The Hall–Kier alpha value is -1.00. The van der Waals surface area contributed by atoms with Gasteiger partial charge in [0.1, 0.15) is 0 Å². The van der Waals surface area contributed by atoms with Crippen LogP contribution in [0.2, 0.25) is 0 Å². The van der Waals surface area contributed by atoms with Gasteiger partial charge in [-0.05, 0) is 6.07 Å². The van der Waals surface area contributed by atoms with Crippen LogP contribution in [0.1, 0.15) is 5.56 Å². The summed E-state index contributed by atoms with van der Waals surface area (Å²) in [6.07, 6.45) is 0. The number of hydrogen-bond donors (Lipinski definition) is 2. The average Bonchev–Trinajstić information content (AvgIpc) is 2.06. The van der Waals surface area contributed by atoms with E-state index in [9.17, 15) is 8.78 Å². The van der Waals surface area contributed by atoms with Crippen molar-refractivity contribution in [3.63, 3.8) is 0 Å². The summed E-state index contributed by atoms with van der Waals surface area (Å²) in [4.78, 5) is 0. The molecule has 3 N–H and O–H groups in total. The Morgan fingerprint density at radius 2 is 2.00 bits per heavy atom. The Kier molecular flexibility index (Phi) is 1.82. The SMILES string of the molecule is NC1(c2cccc(F)c2F)CNC1. The summed E-state index contributed by atoms with van der Waals surface area (Å²) in [5.41, 5.74) is 5.35. The molecule has 1 saturated heterocycles. The van der Waals surface area contributed by atoms with Crippen molar-refractivity contribution >= 4 is 0 Å². The molecule has 0 aromatic heterocycles. The van der Waals surface area contributed by atoms with Crippen molar-refractivity contribution in [3.05, 3.63) is 35.4 Å². The summed E-state index contributed by atoms with van der Waals surface area (Å²) in [7, 11) is 0. The van der Waals surface area contributed by atoms with E-state index >= 15 is 0 Å². The summed E-state index contributed by atoms with van der Waals surface area (Å²) >= 11 is 0. The molecule has 0 bridgehead atoms. The monoisotopic (exact) mass is 184 g/mol.